The van der Waals surface area contributed by atoms with Crippen LogP contribution in [0.15, 0.2) is 54.7 Å². The summed E-state index contributed by atoms with van der Waals surface area (Å²) < 4.78 is 5.07. The fraction of sp³-hybridized carbons (Fsp3) is 0.150. The molecule has 2 aromatic heterocycles. The SMILES string of the molecule is O=C(COC(=O)c1n[nH]c2ccccc12)NCCc1c[nH]c2ccccc12. The van der Waals surface area contributed by atoms with E-state index in [4.69, 9.17) is 4.74 Å². The van der Waals surface area contributed by atoms with Crippen LogP contribution in [0.1, 0.15) is 16.1 Å². The summed E-state index contributed by atoms with van der Waals surface area (Å²) in [6.07, 6.45) is 2.63. The van der Waals surface area contributed by atoms with Gasteiger partial charge in [-0.2, -0.15) is 5.10 Å². The zero-order valence-electron chi connectivity index (χ0n) is 14.5. The van der Waals surface area contributed by atoms with Crippen molar-refractivity contribution < 1.29 is 14.3 Å². The molecule has 0 saturated heterocycles. The number of para-hydroxylation sites is 2. The zero-order valence-corrected chi connectivity index (χ0v) is 14.5. The maximum absolute atomic E-state index is 12.1. The summed E-state index contributed by atoms with van der Waals surface area (Å²) in [6, 6.07) is 15.3. The van der Waals surface area contributed by atoms with Gasteiger partial charge in [-0.05, 0) is 24.1 Å². The van der Waals surface area contributed by atoms with E-state index in [1.807, 2.05) is 48.7 Å². The van der Waals surface area contributed by atoms with Gasteiger partial charge < -0.3 is 15.0 Å². The number of carbonyl (C=O) groups is 2. The fourth-order valence-electron chi connectivity index (χ4n) is 3.04. The number of aromatic amines is 2. The van der Waals surface area contributed by atoms with Crippen LogP contribution in [-0.4, -0.2) is 40.2 Å². The molecule has 136 valence electrons. The average molecular weight is 362 g/mol. The van der Waals surface area contributed by atoms with Gasteiger partial charge in [0.1, 0.15) is 0 Å². The van der Waals surface area contributed by atoms with Gasteiger partial charge in [-0.25, -0.2) is 4.79 Å². The van der Waals surface area contributed by atoms with Gasteiger partial charge in [-0.1, -0.05) is 36.4 Å². The monoisotopic (exact) mass is 362 g/mol. The Morgan fingerprint density at radius 2 is 1.74 bits per heavy atom. The van der Waals surface area contributed by atoms with E-state index in [1.54, 1.807) is 6.07 Å². The Hall–Kier alpha value is -3.61. The normalized spacial score (nSPS) is 11.0. The summed E-state index contributed by atoms with van der Waals surface area (Å²) in [5.41, 5.74) is 3.12. The summed E-state index contributed by atoms with van der Waals surface area (Å²) in [5.74, 6) is -0.970. The second kappa shape index (κ2) is 7.33. The summed E-state index contributed by atoms with van der Waals surface area (Å²) in [4.78, 5) is 27.3. The summed E-state index contributed by atoms with van der Waals surface area (Å²) in [5, 5.41) is 11.3. The second-order valence-corrected chi connectivity index (χ2v) is 6.15. The van der Waals surface area contributed by atoms with Gasteiger partial charge in [0.25, 0.3) is 5.91 Å². The molecule has 0 aliphatic heterocycles. The van der Waals surface area contributed by atoms with Crippen LogP contribution in [0, 0.1) is 0 Å². The number of hydrogen-bond acceptors (Lipinski definition) is 4. The van der Waals surface area contributed by atoms with Crippen molar-refractivity contribution in [1.82, 2.24) is 20.5 Å². The van der Waals surface area contributed by atoms with Crippen molar-refractivity contribution in [2.45, 2.75) is 6.42 Å². The number of hydrogen-bond donors (Lipinski definition) is 3. The molecule has 0 radical (unpaired) electrons. The molecule has 0 unspecified atom stereocenters. The topological polar surface area (TPSA) is 99.9 Å². The highest BCUT2D eigenvalue weighted by Gasteiger charge is 2.16. The van der Waals surface area contributed by atoms with E-state index in [2.05, 4.69) is 20.5 Å². The van der Waals surface area contributed by atoms with E-state index in [1.165, 1.54) is 0 Å². The smallest absolute Gasteiger partial charge is 0.359 e. The Kier molecular flexibility index (Phi) is 4.57. The minimum Gasteiger partial charge on any atom is -0.451 e. The largest absolute Gasteiger partial charge is 0.451 e. The van der Waals surface area contributed by atoms with E-state index >= 15 is 0 Å². The average Bonchev–Trinajstić information content (AvgIpc) is 3.31. The maximum atomic E-state index is 12.1. The third-order valence-corrected chi connectivity index (χ3v) is 4.39. The number of benzene rings is 2. The predicted octanol–water partition coefficient (Wildman–Crippen LogP) is 2.56. The van der Waals surface area contributed by atoms with Gasteiger partial charge in [0.2, 0.25) is 0 Å². The molecule has 0 spiro atoms. The molecule has 2 heterocycles. The van der Waals surface area contributed by atoms with Crippen LogP contribution >= 0.6 is 0 Å². The lowest BCUT2D eigenvalue weighted by molar-refractivity contribution is -0.124. The molecule has 7 heteroatoms. The van der Waals surface area contributed by atoms with E-state index in [9.17, 15) is 9.59 Å². The van der Waals surface area contributed by atoms with E-state index in [0.29, 0.717) is 18.4 Å². The molecule has 0 fully saturated rings. The number of amides is 1. The van der Waals surface area contributed by atoms with Crippen LogP contribution in [0.2, 0.25) is 0 Å². The molecule has 4 aromatic rings. The molecule has 2 aromatic carbocycles. The molecule has 27 heavy (non-hydrogen) atoms. The Labute approximate surface area is 154 Å². The van der Waals surface area contributed by atoms with Crippen LogP contribution in [0.4, 0.5) is 0 Å². The van der Waals surface area contributed by atoms with E-state index < -0.39 is 5.97 Å². The molecule has 0 aliphatic carbocycles. The van der Waals surface area contributed by atoms with Crippen molar-refractivity contribution in [2.24, 2.45) is 0 Å². The van der Waals surface area contributed by atoms with Gasteiger partial charge in [0.15, 0.2) is 12.3 Å². The van der Waals surface area contributed by atoms with Crippen LogP contribution in [0.5, 0.6) is 0 Å². The lowest BCUT2D eigenvalue weighted by Gasteiger charge is -2.05. The maximum Gasteiger partial charge on any atom is 0.359 e. The van der Waals surface area contributed by atoms with Crippen molar-refractivity contribution in [3.05, 3.63) is 66.0 Å². The van der Waals surface area contributed by atoms with Crippen LogP contribution in [-0.2, 0) is 16.0 Å². The van der Waals surface area contributed by atoms with Crippen LogP contribution in [0.3, 0.4) is 0 Å². The van der Waals surface area contributed by atoms with Gasteiger partial charge in [-0.15, -0.1) is 0 Å². The molecule has 7 nitrogen and oxygen atoms in total. The Morgan fingerprint density at radius 1 is 1.00 bits per heavy atom. The molecule has 0 bridgehead atoms. The molecule has 0 saturated carbocycles. The number of rotatable bonds is 6. The number of esters is 1. The Balaban J connectivity index is 1.28. The first-order valence-corrected chi connectivity index (χ1v) is 8.64. The number of nitrogens with zero attached hydrogens (tertiary/aromatic N) is 1. The first kappa shape index (κ1) is 16.8. The van der Waals surface area contributed by atoms with Crippen molar-refractivity contribution in [2.75, 3.05) is 13.2 Å². The first-order valence-electron chi connectivity index (χ1n) is 8.64. The summed E-state index contributed by atoms with van der Waals surface area (Å²) >= 11 is 0. The minimum absolute atomic E-state index is 0.178. The molecule has 0 aliphatic rings. The molecule has 3 N–H and O–H groups in total. The highest BCUT2D eigenvalue weighted by atomic mass is 16.5. The Morgan fingerprint density at radius 3 is 2.59 bits per heavy atom. The number of ether oxygens (including phenoxy) is 1. The van der Waals surface area contributed by atoms with Gasteiger partial charge in [0, 0.05) is 29.0 Å². The lowest BCUT2D eigenvalue weighted by Crippen LogP contribution is -2.30. The van der Waals surface area contributed by atoms with Crippen LogP contribution < -0.4 is 5.32 Å². The molecular formula is C20H18N4O3. The number of aromatic nitrogens is 3. The highest BCUT2D eigenvalue weighted by molar-refractivity contribution is 6.02. The van der Waals surface area contributed by atoms with Crippen LogP contribution in [0.25, 0.3) is 21.8 Å². The zero-order chi connectivity index (χ0) is 18.6. The van der Waals surface area contributed by atoms with Crippen molar-refractivity contribution in [1.29, 1.82) is 0 Å². The van der Waals surface area contributed by atoms with Gasteiger partial charge in [-0.3, -0.25) is 9.89 Å². The predicted molar refractivity (Wildman–Crippen MR) is 101 cm³/mol. The first-order chi connectivity index (χ1) is 13.2. The fourth-order valence-corrected chi connectivity index (χ4v) is 3.04. The molecule has 0 atom stereocenters. The van der Waals surface area contributed by atoms with Gasteiger partial charge >= 0.3 is 5.97 Å². The third kappa shape index (κ3) is 3.52. The standard InChI is InChI=1S/C20H18N4O3/c25-18(21-10-9-13-11-22-16-7-3-1-5-14(13)16)12-27-20(26)19-15-6-2-4-8-17(15)23-24-19/h1-8,11,22H,9-10,12H2,(H,21,25)(H,23,24). The number of carbonyl (C=O) groups excluding carboxylic acids is 2. The number of nitrogens with one attached hydrogen (secondary N) is 3. The van der Waals surface area contributed by atoms with E-state index in [-0.39, 0.29) is 18.2 Å². The highest BCUT2D eigenvalue weighted by Crippen LogP contribution is 2.18. The van der Waals surface area contributed by atoms with Crippen molar-refractivity contribution in [3.63, 3.8) is 0 Å². The van der Waals surface area contributed by atoms with E-state index in [0.717, 1.165) is 22.0 Å². The van der Waals surface area contributed by atoms with Crippen molar-refractivity contribution >= 4 is 33.7 Å². The number of H-pyrrole nitrogens is 2. The summed E-state index contributed by atoms with van der Waals surface area (Å²) in [6.45, 7) is 0.122. The molecule has 1 amide bonds. The second-order valence-electron chi connectivity index (χ2n) is 6.15. The van der Waals surface area contributed by atoms with Gasteiger partial charge in [0.05, 0.1) is 5.52 Å². The van der Waals surface area contributed by atoms with Crippen molar-refractivity contribution in [3.8, 4) is 0 Å². The molecule has 4 rings (SSSR count). The lowest BCUT2D eigenvalue weighted by atomic mass is 10.1. The molecular weight excluding hydrogens is 344 g/mol. The summed E-state index contributed by atoms with van der Waals surface area (Å²) in [7, 11) is 0. The third-order valence-electron chi connectivity index (χ3n) is 4.39. The number of fused-ring (bicyclic) bond motifs is 2. The Bertz CT molecular complexity index is 1110. The quantitative estimate of drug-likeness (QED) is 0.459. The minimum atomic E-state index is -0.626.